The summed E-state index contributed by atoms with van der Waals surface area (Å²) in [6, 6.07) is 0. The van der Waals surface area contributed by atoms with Crippen LogP contribution in [-0.4, -0.2) is 47.5 Å². The minimum absolute atomic E-state index is 0.814. The van der Waals surface area contributed by atoms with Gasteiger partial charge in [0.1, 0.15) is 0 Å². The van der Waals surface area contributed by atoms with Gasteiger partial charge in [0.05, 0.1) is 0 Å². The molecule has 0 radical (unpaired) electrons. The number of hydrogen-bond donors (Lipinski definition) is 0. The average molecular weight is 269 g/mol. The monoisotopic (exact) mass is 268 g/mol. The molecular weight excluding hydrogens is 244 g/mol. The van der Waals surface area contributed by atoms with E-state index >= 15 is 0 Å². The third kappa shape index (κ3) is 5.38. The second-order valence-corrected chi connectivity index (χ2v) is 15.0. The summed E-state index contributed by atoms with van der Waals surface area (Å²) in [7, 11) is -0.230. The minimum Gasteiger partial charge on any atom is -0.458 e. The largest absolute Gasteiger partial charge is 0.499 e. The molecule has 0 aromatic carbocycles. The van der Waals surface area contributed by atoms with Crippen molar-refractivity contribution in [3.63, 3.8) is 0 Å². The van der Waals surface area contributed by atoms with Crippen LogP contribution >= 0.6 is 0 Å². The fourth-order valence-corrected chi connectivity index (χ4v) is 14.3. The normalized spacial score (nSPS) is 13.6. The summed E-state index contributed by atoms with van der Waals surface area (Å²) < 4.78 is 22.3. The van der Waals surface area contributed by atoms with Crippen LogP contribution in [0.2, 0.25) is 31.9 Å². The van der Waals surface area contributed by atoms with Crippen molar-refractivity contribution in [2.75, 3.05) is 21.3 Å². The lowest BCUT2D eigenvalue weighted by Gasteiger charge is -2.33. The summed E-state index contributed by atoms with van der Waals surface area (Å²) in [5.74, 6) is 0. The van der Waals surface area contributed by atoms with E-state index in [9.17, 15) is 0 Å². The Morgan fingerprint density at radius 3 is 1.60 bits per heavy atom. The van der Waals surface area contributed by atoms with E-state index in [4.69, 9.17) is 17.4 Å². The highest BCUT2D eigenvalue weighted by atomic mass is 28.5. The van der Waals surface area contributed by atoms with Gasteiger partial charge in [-0.2, -0.15) is 0 Å². The van der Waals surface area contributed by atoms with Gasteiger partial charge < -0.3 is 17.4 Å². The van der Waals surface area contributed by atoms with E-state index in [1.807, 2.05) is 0 Å². The molecule has 0 aromatic rings. The highest BCUT2D eigenvalue weighted by Crippen LogP contribution is 2.23. The third-order valence-corrected chi connectivity index (χ3v) is 13.6. The molecule has 92 valence electrons. The molecule has 15 heavy (non-hydrogen) atoms. The molecule has 4 nitrogen and oxygen atoms in total. The topological polar surface area (TPSA) is 36.9 Å². The fraction of sp³-hybridized carbons (Fsp3) is 1.00. The Morgan fingerprint density at radius 1 is 0.933 bits per heavy atom. The number of rotatable bonds is 7. The first-order valence-corrected chi connectivity index (χ1v) is 13.0. The van der Waals surface area contributed by atoms with Crippen molar-refractivity contribution < 1.29 is 17.4 Å². The van der Waals surface area contributed by atoms with E-state index in [0.717, 1.165) is 5.67 Å². The summed E-state index contributed by atoms with van der Waals surface area (Å²) in [6.45, 7) is 8.76. The van der Waals surface area contributed by atoms with Gasteiger partial charge >= 0.3 is 8.80 Å². The molecule has 0 saturated heterocycles. The summed E-state index contributed by atoms with van der Waals surface area (Å²) in [5, 5.41) is 0. The van der Waals surface area contributed by atoms with Crippen LogP contribution in [0.5, 0.6) is 0 Å². The molecule has 0 spiro atoms. The zero-order valence-electron chi connectivity index (χ0n) is 10.9. The third-order valence-electron chi connectivity index (χ3n) is 2.13. The molecule has 0 heterocycles. The molecule has 0 aliphatic heterocycles. The smallest absolute Gasteiger partial charge is 0.458 e. The van der Waals surface area contributed by atoms with Gasteiger partial charge in [-0.3, -0.25) is 0 Å². The Morgan fingerprint density at radius 2 is 1.33 bits per heavy atom. The van der Waals surface area contributed by atoms with Crippen molar-refractivity contribution in [2.24, 2.45) is 0 Å². The van der Waals surface area contributed by atoms with Crippen LogP contribution in [0.3, 0.4) is 0 Å². The lowest BCUT2D eigenvalue weighted by Crippen LogP contribution is -2.52. The highest BCUT2D eigenvalue weighted by Gasteiger charge is 2.45. The Bertz CT molecular complexity index is 174. The maximum absolute atomic E-state index is 6.07. The quantitative estimate of drug-likeness (QED) is 0.657. The molecule has 0 bridgehead atoms. The van der Waals surface area contributed by atoms with Crippen LogP contribution in [0.4, 0.5) is 0 Å². The maximum Gasteiger partial charge on any atom is 0.499 e. The van der Waals surface area contributed by atoms with Crippen LogP contribution in [0, 0.1) is 0 Å². The van der Waals surface area contributed by atoms with E-state index < -0.39 is 26.2 Å². The Labute approximate surface area is 97.1 Å². The van der Waals surface area contributed by atoms with Gasteiger partial charge in [0, 0.05) is 27.0 Å². The second kappa shape index (κ2) is 6.28. The first-order chi connectivity index (χ1) is 6.81. The van der Waals surface area contributed by atoms with Crippen LogP contribution in [0.25, 0.3) is 0 Å². The van der Waals surface area contributed by atoms with Gasteiger partial charge in [0.25, 0.3) is 0 Å². The predicted octanol–water partition coefficient (Wildman–Crippen LogP) is 1.61. The Kier molecular flexibility index (Phi) is 6.49. The van der Waals surface area contributed by atoms with Crippen molar-refractivity contribution in [3.05, 3.63) is 0 Å². The predicted molar refractivity (Wildman–Crippen MR) is 69.0 cm³/mol. The molecule has 0 saturated carbocycles. The molecule has 0 aromatic heterocycles. The Hall–Kier alpha value is 0.491. The Balaban J connectivity index is 4.51. The molecule has 0 amide bonds. The first kappa shape index (κ1) is 15.5. The second-order valence-electron chi connectivity index (χ2n) is 4.40. The van der Waals surface area contributed by atoms with Gasteiger partial charge in [0.2, 0.25) is 0 Å². The maximum atomic E-state index is 6.07. The van der Waals surface area contributed by atoms with Crippen molar-refractivity contribution >= 4 is 26.2 Å². The molecule has 0 unspecified atom stereocenters. The SMILES string of the molecule is CO[Si](C[Si](C)(C)O[SiH](C)C)(OC)OC. The van der Waals surface area contributed by atoms with E-state index in [1.54, 1.807) is 21.3 Å². The van der Waals surface area contributed by atoms with Gasteiger partial charge in [-0.1, -0.05) is 0 Å². The van der Waals surface area contributed by atoms with Gasteiger partial charge in [-0.05, 0) is 26.2 Å². The lowest BCUT2D eigenvalue weighted by atomic mass is 11.8. The molecule has 0 N–H and O–H groups in total. The van der Waals surface area contributed by atoms with Crippen LogP contribution in [0.1, 0.15) is 0 Å². The zero-order valence-corrected chi connectivity index (χ0v) is 14.1. The number of hydrogen-bond acceptors (Lipinski definition) is 4. The van der Waals surface area contributed by atoms with Crippen LogP contribution in [0.15, 0.2) is 0 Å². The first-order valence-electron chi connectivity index (χ1n) is 5.14. The summed E-state index contributed by atoms with van der Waals surface area (Å²) >= 11 is 0. The van der Waals surface area contributed by atoms with Crippen molar-refractivity contribution in [1.29, 1.82) is 0 Å². The standard InChI is InChI=1S/C8H24O4Si3/c1-9-15(10-2,11-3)8-14(6,7)12-13(4)5/h13H,8H2,1-7H3. The van der Waals surface area contributed by atoms with E-state index in [2.05, 4.69) is 26.2 Å². The summed E-state index contributed by atoms with van der Waals surface area (Å²) in [6.07, 6.45) is 0. The van der Waals surface area contributed by atoms with Crippen LogP contribution < -0.4 is 0 Å². The zero-order chi connectivity index (χ0) is 12.1. The van der Waals surface area contributed by atoms with Crippen molar-refractivity contribution in [3.8, 4) is 0 Å². The summed E-state index contributed by atoms with van der Waals surface area (Å²) in [4.78, 5) is 0. The van der Waals surface area contributed by atoms with Crippen molar-refractivity contribution in [2.45, 2.75) is 31.9 Å². The summed E-state index contributed by atoms with van der Waals surface area (Å²) in [5.41, 5.74) is 0.814. The molecular formula is C8H24O4Si3. The molecule has 7 heteroatoms. The van der Waals surface area contributed by atoms with E-state index in [1.165, 1.54) is 0 Å². The molecule has 0 fully saturated rings. The van der Waals surface area contributed by atoms with Crippen molar-refractivity contribution in [1.82, 2.24) is 0 Å². The molecule has 0 aliphatic rings. The van der Waals surface area contributed by atoms with Gasteiger partial charge in [0.15, 0.2) is 17.4 Å². The average Bonchev–Trinajstić information content (AvgIpc) is 2.12. The highest BCUT2D eigenvalue weighted by molar-refractivity contribution is 6.88. The van der Waals surface area contributed by atoms with Crippen LogP contribution in [-0.2, 0) is 17.4 Å². The van der Waals surface area contributed by atoms with Gasteiger partial charge in [-0.15, -0.1) is 0 Å². The minimum atomic E-state index is -2.46. The van der Waals surface area contributed by atoms with E-state index in [0.29, 0.717) is 0 Å². The van der Waals surface area contributed by atoms with E-state index in [-0.39, 0.29) is 0 Å². The molecule has 0 atom stereocenters. The fourth-order valence-electron chi connectivity index (χ4n) is 1.67. The van der Waals surface area contributed by atoms with Gasteiger partial charge in [-0.25, -0.2) is 0 Å². The molecule has 0 aliphatic carbocycles. The lowest BCUT2D eigenvalue weighted by molar-refractivity contribution is 0.127. The molecule has 0 rings (SSSR count).